The van der Waals surface area contributed by atoms with Crippen molar-refractivity contribution in [1.82, 2.24) is 19.9 Å². The Morgan fingerprint density at radius 3 is 2.59 bits per heavy atom. The fourth-order valence-corrected chi connectivity index (χ4v) is 5.22. The van der Waals surface area contributed by atoms with Gasteiger partial charge in [-0.1, -0.05) is 31.2 Å². The summed E-state index contributed by atoms with van der Waals surface area (Å²) >= 11 is 1.90. The SMILES string of the molecule is CCc1ccc(C2CC(c3nc(OCCOC)no3)CN(C(=O)N3CCSCC3)C2)cc1. The monoisotopic (exact) mass is 460 g/mol. The summed E-state index contributed by atoms with van der Waals surface area (Å²) in [7, 11) is 1.62. The number of nitrogens with zero attached hydrogens (tertiary/aromatic N) is 4. The van der Waals surface area contributed by atoms with Crippen LogP contribution in [0.4, 0.5) is 4.79 Å². The predicted molar refractivity (Wildman–Crippen MR) is 123 cm³/mol. The van der Waals surface area contributed by atoms with E-state index in [1.165, 1.54) is 11.1 Å². The van der Waals surface area contributed by atoms with Gasteiger partial charge in [0.25, 0.3) is 0 Å². The number of rotatable bonds is 7. The van der Waals surface area contributed by atoms with E-state index in [1.54, 1.807) is 7.11 Å². The minimum atomic E-state index is -0.0324. The Bertz CT molecular complexity index is 869. The second kappa shape index (κ2) is 11.0. The molecule has 2 amide bonds. The molecule has 1 aromatic heterocycles. The molecule has 2 saturated heterocycles. The molecule has 2 unspecified atom stereocenters. The number of urea groups is 1. The highest BCUT2D eigenvalue weighted by atomic mass is 32.2. The molecule has 0 spiro atoms. The molecule has 0 saturated carbocycles. The molecule has 0 aliphatic carbocycles. The minimum absolute atomic E-state index is 0.0324. The molecule has 0 N–H and O–H groups in total. The largest absolute Gasteiger partial charge is 0.459 e. The summed E-state index contributed by atoms with van der Waals surface area (Å²) in [5.41, 5.74) is 2.56. The van der Waals surface area contributed by atoms with Gasteiger partial charge >= 0.3 is 12.0 Å². The van der Waals surface area contributed by atoms with Gasteiger partial charge in [-0.15, -0.1) is 0 Å². The van der Waals surface area contributed by atoms with E-state index in [4.69, 9.17) is 14.0 Å². The summed E-state index contributed by atoms with van der Waals surface area (Å²) in [6.45, 7) is 5.87. The van der Waals surface area contributed by atoms with Gasteiger partial charge in [-0.2, -0.15) is 16.7 Å². The van der Waals surface area contributed by atoms with Crippen LogP contribution in [0.1, 0.15) is 42.2 Å². The first-order chi connectivity index (χ1) is 15.7. The van der Waals surface area contributed by atoms with E-state index >= 15 is 0 Å². The maximum atomic E-state index is 13.3. The van der Waals surface area contributed by atoms with Crippen LogP contribution in [0, 0.1) is 0 Å². The van der Waals surface area contributed by atoms with Crippen molar-refractivity contribution in [3.8, 4) is 6.01 Å². The van der Waals surface area contributed by atoms with Gasteiger partial charge in [0, 0.05) is 50.7 Å². The molecule has 2 atom stereocenters. The lowest BCUT2D eigenvalue weighted by Gasteiger charge is -2.40. The Labute approximate surface area is 193 Å². The second-order valence-corrected chi connectivity index (χ2v) is 9.49. The first-order valence-corrected chi connectivity index (χ1v) is 12.5. The lowest BCUT2D eigenvalue weighted by molar-refractivity contribution is 0.130. The Hall–Kier alpha value is -2.26. The van der Waals surface area contributed by atoms with E-state index in [9.17, 15) is 4.79 Å². The second-order valence-electron chi connectivity index (χ2n) is 8.27. The number of benzene rings is 1. The molecular weight excluding hydrogens is 428 g/mol. The van der Waals surface area contributed by atoms with E-state index in [2.05, 4.69) is 41.3 Å². The van der Waals surface area contributed by atoms with Crippen LogP contribution < -0.4 is 4.74 Å². The third-order valence-corrected chi connectivity index (χ3v) is 7.10. The highest BCUT2D eigenvalue weighted by Gasteiger charge is 2.36. The van der Waals surface area contributed by atoms with Gasteiger partial charge in [-0.05, 0) is 29.1 Å². The van der Waals surface area contributed by atoms with E-state index in [0.717, 1.165) is 37.4 Å². The topological polar surface area (TPSA) is 80.9 Å². The lowest BCUT2D eigenvalue weighted by atomic mass is 9.84. The number of piperidine rings is 1. The molecule has 2 aliphatic rings. The zero-order valence-corrected chi connectivity index (χ0v) is 19.7. The summed E-state index contributed by atoms with van der Waals surface area (Å²) in [5.74, 6) is 2.70. The first-order valence-electron chi connectivity index (χ1n) is 11.3. The van der Waals surface area contributed by atoms with Gasteiger partial charge in [0.1, 0.15) is 6.61 Å². The molecule has 0 radical (unpaired) electrons. The first kappa shape index (κ1) is 22.9. The van der Waals surface area contributed by atoms with Crippen molar-refractivity contribution in [2.24, 2.45) is 0 Å². The number of hydrogen-bond donors (Lipinski definition) is 0. The molecular formula is C23H32N4O4S. The average Bonchev–Trinajstić information content (AvgIpc) is 3.33. The van der Waals surface area contributed by atoms with Gasteiger partial charge in [0.15, 0.2) is 0 Å². The van der Waals surface area contributed by atoms with Gasteiger partial charge in [-0.25, -0.2) is 4.79 Å². The van der Waals surface area contributed by atoms with Crippen molar-refractivity contribution < 1.29 is 18.8 Å². The minimum Gasteiger partial charge on any atom is -0.459 e. The molecule has 2 fully saturated rings. The number of aryl methyl sites for hydroxylation is 1. The zero-order chi connectivity index (χ0) is 22.3. The highest BCUT2D eigenvalue weighted by molar-refractivity contribution is 7.99. The maximum absolute atomic E-state index is 13.3. The predicted octanol–water partition coefficient (Wildman–Crippen LogP) is 3.40. The van der Waals surface area contributed by atoms with Crippen LogP contribution >= 0.6 is 11.8 Å². The Morgan fingerprint density at radius 2 is 1.88 bits per heavy atom. The smallest absolute Gasteiger partial charge is 0.354 e. The molecule has 2 aliphatic heterocycles. The summed E-state index contributed by atoms with van der Waals surface area (Å²) in [6, 6.07) is 9.08. The highest BCUT2D eigenvalue weighted by Crippen LogP contribution is 2.36. The Morgan fingerprint density at radius 1 is 1.12 bits per heavy atom. The van der Waals surface area contributed by atoms with Gasteiger partial charge in [0.05, 0.1) is 12.5 Å². The number of methoxy groups -OCH3 is 1. The summed E-state index contributed by atoms with van der Waals surface area (Å²) in [5, 5.41) is 3.96. The number of hydrogen-bond acceptors (Lipinski definition) is 7. The Balaban J connectivity index is 1.52. The number of amides is 2. The van der Waals surface area contributed by atoms with Crippen LogP contribution in [0.15, 0.2) is 28.8 Å². The molecule has 174 valence electrons. The van der Waals surface area contributed by atoms with Crippen molar-refractivity contribution in [3.05, 3.63) is 41.3 Å². The van der Waals surface area contributed by atoms with Crippen LogP contribution in [-0.4, -0.2) is 84.0 Å². The van der Waals surface area contributed by atoms with Crippen LogP contribution in [0.5, 0.6) is 6.01 Å². The third-order valence-electron chi connectivity index (χ3n) is 6.15. The van der Waals surface area contributed by atoms with Crippen molar-refractivity contribution in [1.29, 1.82) is 0 Å². The summed E-state index contributed by atoms with van der Waals surface area (Å²) < 4.78 is 16.0. The van der Waals surface area contributed by atoms with E-state index in [1.807, 2.05) is 21.6 Å². The van der Waals surface area contributed by atoms with Crippen LogP contribution in [0.2, 0.25) is 0 Å². The van der Waals surface area contributed by atoms with Crippen molar-refractivity contribution >= 4 is 17.8 Å². The average molecular weight is 461 g/mol. The number of carbonyl (C=O) groups is 1. The zero-order valence-electron chi connectivity index (χ0n) is 18.9. The van der Waals surface area contributed by atoms with Crippen LogP contribution in [-0.2, 0) is 11.2 Å². The maximum Gasteiger partial charge on any atom is 0.354 e. The Kier molecular flexibility index (Phi) is 7.91. The van der Waals surface area contributed by atoms with E-state index < -0.39 is 0 Å². The molecule has 32 heavy (non-hydrogen) atoms. The molecule has 0 bridgehead atoms. The van der Waals surface area contributed by atoms with Gasteiger partial charge in [-0.3, -0.25) is 0 Å². The van der Waals surface area contributed by atoms with E-state index in [-0.39, 0.29) is 23.9 Å². The normalized spacial score (nSPS) is 21.6. The van der Waals surface area contributed by atoms with Gasteiger partial charge < -0.3 is 23.8 Å². The molecule has 4 rings (SSSR count). The summed E-state index contributed by atoms with van der Waals surface area (Å²) in [6.07, 6.45) is 1.86. The fraction of sp³-hybridized carbons (Fsp3) is 0.609. The molecule has 1 aromatic carbocycles. The number of thioether (sulfide) groups is 1. The fourth-order valence-electron chi connectivity index (χ4n) is 4.32. The third kappa shape index (κ3) is 5.56. The number of aromatic nitrogens is 2. The number of carbonyl (C=O) groups excluding carboxylic acids is 1. The lowest BCUT2D eigenvalue weighted by Crippen LogP contribution is -2.51. The van der Waals surface area contributed by atoms with E-state index in [0.29, 0.717) is 32.2 Å². The van der Waals surface area contributed by atoms with Crippen molar-refractivity contribution in [3.63, 3.8) is 0 Å². The van der Waals surface area contributed by atoms with Crippen LogP contribution in [0.3, 0.4) is 0 Å². The summed E-state index contributed by atoms with van der Waals surface area (Å²) in [4.78, 5) is 21.7. The van der Waals surface area contributed by atoms with Crippen molar-refractivity contribution in [2.75, 3.05) is 58.0 Å². The van der Waals surface area contributed by atoms with Gasteiger partial charge in [0.2, 0.25) is 5.89 Å². The molecule has 2 aromatic rings. The van der Waals surface area contributed by atoms with Crippen LogP contribution in [0.25, 0.3) is 0 Å². The standard InChI is InChI=1S/C23H32N4O4S/c1-3-17-4-6-18(7-5-17)19-14-20(21-24-22(25-31-21)30-11-10-29-2)16-27(15-19)23(28)26-8-12-32-13-9-26/h4-7,19-20H,3,8-16H2,1-2H3. The number of ether oxygens (including phenoxy) is 2. The molecule has 8 nitrogen and oxygen atoms in total. The molecule has 9 heteroatoms. The molecule has 3 heterocycles. The quantitative estimate of drug-likeness (QED) is 0.586. The van der Waals surface area contributed by atoms with Crippen molar-refractivity contribution in [2.45, 2.75) is 31.6 Å². The number of likely N-dealkylation sites (tertiary alicyclic amines) is 1.